The van der Waals surface area contributed by atoms with Crippen LogP contribution >= 0.6 is 12.2 Å². The lowest BCUT2D eigenvalue weighted by atomic mass is 10.0. The second-order valence-corrected chi connectivity index (χ2v) is 6.94. The molecule has 130 valence electrons. The molecule has 2 aromatic rings. The highest BCUT2D eigenvalue weighted by atomic mass is 32.1. The van der Waals surface area contributed by atoms with Gasteiger partial charge in [0.05, 0.1) is 6.04 Å². The zero-order valence-electron chi connectivity index (χ0n) is 14.3. The maximum absolute atomic E-state index is 5.74. The smallest absolute Gasteiger partial charge is 0.173 e. The van der Waals surface area contributed by atoms with Gasteiger partial charge >= 0.3 is 0 Å². The van der Waals surface area contributed by atoms with E-state index in [-0.39, 0.29) is 6.04 Å². The van der Waals surface area contributed by atoms with E-state index in [1.165, 1.54) is 11.1 Å². The van der Waals surface area contributed by atoms with Crippen molar-refractivity contribution in [2.45, 2.75) is 25.8 Å². The largest absolute Gasteiger partial charge is 0.486 e. The van der Waals surface area contributed by atoms with Crippen LogP contribution in [0.5, 0.6) is 11.5 Å². The molecule has 2 aromatic carbocycles. The number of ether oxygens (including phenoxy) is 2. The number of likely N-dealkylation sites (tertiary alicyclic amines) is 1. The van der Waals surface area contributed by atoms with Gasteiger partial charge in [0.1, 0.15) is 13.2 Å². The van der Waals surface area contributed by atoms with Gasteiger partial charge in [0.15, 0.2) is 16.6 Å². The van der Waals surface area contributed by atoms with Crippen molar-refractivity contribution in [1.29, 1.82) is 0 Å². The van der Waals surface area contributed by atoms with E-state index in [1.807, 2.05) is 12.1 Å². The molecule has 0 saturated carbocycles. The molecular formula is C20H22N2O2S. The van der Waals surface area contributed by atoms with E-state index in [2.05, 4.69) is 47.5 Å². The van der Waals surface area contributed by atoms with Gasteiger partial charge in [-0.05, 0) is 67.4 Å². The normalized spacial score (nSPS) is 18.9. The van der Waals surface area contributed by atoms with Gasteiger partial charge in [-0.2, -0.15) is 0 Å². The number of nitrogens with zero attached hydrogens (tertiary/aromatic N) is 1. The van der Waals surface area contributed by atoms with E-state index in [4.69, 9.17) is 21.7 Å². The third-order valence-electron chi connectivity index (χ3n) is 4.73. The summed E-state index contributed by atoms with van der Waals surface area (Å²) in [6.45, 7) is 4.28. The van der Waals surface area contributed by atoms with Crippen LogP contribution in [0.4, 0.5) is 5.69 Å². The van der Waals surface area contributed by atoms with Crippen molar-refractivity contribution in [2.75, 3.05) is 25.1 Å². The molecule has 0 aromatic heterocycles. The molecule has 2 heterocycles. The van der Waals surface area contributed by atoms with E-state index in [9.17, 15) is 0 Å². The van der Waals surface area contributed by atoms with E-state index in [1.54, 1.807) is 0 Å². The SMILES string of the molecule is Cc1cccc(NC(=S)N2CCC[C@H]2c2ccc3c(c2)OCCO3)c1. The molecular weight excluding hydrogens is 332 g/mol. The Balaban J connectivity index is 1.53. The third-order valence-corrected chi connectivity index (χ3v) is 5.07. The fourth-order valence-corrected chi connectivity index (χ4v) is 3.88. The molecule has 0 radical (unpaired) electrons. The Hall–Kier alpha value is -2.27. The molecule has 0 bridgehead atoms. The molecule has 1 atom stereocenters. The van der Waals surface area contributed by atoms with Gasteiger partial charge in [-0.15, -0.1) is 0 Å². The summed E-state index contributed by atoms with van der Waals surface area (Å²) in [5, 5.41) is 4.17. The molecule has 4 nitrogen and oxygen atoms in total. The zero-order valence-corrected chi connectivity index (χ0v) is 15.1. The molecule has 0 aliphatic carbocycles. The molecule has 2 aliphatic heterocycles. The maximum Gasteiger partial charge on any atom is 0.173 e. The van der Waals surface area contributed by atoms with Crippen LogP contribution in [0, 0.1) is 6.92 Å². The van der Waals surface area contributed by atoms with E-state index < -0.39 is 0 Å². The Morgan fingerprint density at radius 2 is 1.96 bits per heavy atom. The molecule has 1 fully saturated rings. The van der Waals surface area contributed by atoms with Crippen molar-refractivity contribution in [3.05, 3.63) is 53.6 Å². The van der Waals surface area contributed by atoms with Gasteiger partial charge in [-0.25, -0.2) is 0 Å². The first-order chi connectivity index (χ1) is 12.2. The number of nitrogens with one attached hydrogen (secondary N) is 1. The standard InChI is InChI=1S/C20H22N2O2S/c1-14-4-2-5-16(12-14)21-20(25)22-9-3-6-17(22)15-7-8-18-19(13-15)24-11-10-23-18/h2,4-5,7-8,12-13,17H,3,6,9-11H2,1H3,(H,21,25)/t17-/m0/s1. The molecule has 0 unspecified atom stereocenters. The van der Waals surface area contributed by atoms with Crippen molar-refractivity contribution in [3.8, 4) is 11.5 Å². The average molecular weight is 354 g/mol. The second-order valence-electron chi connectivity index (χ2n) is 6.55. The Kier molecular flexibility index (Phi) is 4.49. The van der Waals surface area contributed by atoms with Gasteiger partial charge in [-0.1, -0.05) is 18.2 Å². The minimum atomic E-state index is 0.278. The predicted octanol–water partition coefficient (Wildman–Crippen LogP) is 4.30. The topological polar surface area (TPSA) is 33.7 Å². The van der Waals surface area contributed by atoms with Crippen LogP contribution in [0.25, 0.3) is 0 Å². The van der Waals surface area contributed by atoms with Crippen LogP contribution in [-0.2, 0) is 0 Å². The summed E-state index contributed by atoms with van der Waals surface area (Å²) in [7, 11) is 0. The summed E-state index contributed by atoms with van der Waals surface area (Å²) < 4.78 is 11.4. The van der Waals surface area contributed by atoms with Crippen LogP contribution < -0.4 is 14.8 Å². The first kappa shape index (κ1) is 16.2. The minimum Gasteiger partial charge on any atom is -0.486 e. The zero-order chi connectivity index (χ0) is 17.2. The van der Waals surface area contributed by atoms with Crippen LogP contribution in [0.1, 0.15) is 30.0 Å². The average Bonchev–Trinajstić information content (AvgIpc) is 3.11. The molecule has 0 spiro atoms. The minimum absolute atomic E-state index is 0.278. The van der Waals surface area contributed by atoms with E-state index in [0.717, 1.165) is 41.7 Å². The molecule has 5 heteroatoms. The number of thiocarbonyl (C=S) groups is 1. The first-order valence-electron chi connectivity index (χ1n) is 8.74. The lowest BCUT2D eigenvalue weighted by Crippen LogP contribution is -2.34. The van der Waals surface area contributed by atoms with Gasteiger partial charge in [-0.3, -0.25) is 0 Å². The van der Waals surface area contributed by atoms with Gasteiger partial charge < -0.3 is 19.7 Å². The monoisotopic (exact) mass is 354 g/mol. The predicted molar refractivity (Wildman–Crippen MR) is 104 cm³/mol. The molecule has 2 aliphatic rings. The second kappa shape index (κ2) is 6.92. The quantitative estimate of drug-likeness (QED) is 0.813. The molecule has 0 amide bonds. The van der Waals surface area contributed by atoms with Gasteiger partial charge in [0.2, 0.25) is 0 Å². The summed E-state index contributed by atoms with van der Waals surface area (Å²) in [6.07, 6.45) is 2.23. The lowest BCUT2D eigenvalue weighted by Gasteiger charge is -2.29. The van der Waals surface area contributed by atoms with E-state index >= 15 is 0 Å². The van der Waals surface area contributed by atoms with Gasteiger partial charge in [0, 0.05) is 12.2 Å². The Bertz CT molecular complexity index is 793. The highest BCUT2D eigenvalue weighted by Gasteiger charge is 2.29. The molecule has 4 rings (SSSR count). The highest BCUT2D eigenvalue weighted by molar-refractivity contribution is 7.80. The number of rotatable bonds is 2. The van der Waals surface area contributed by atoms with Crippen molar-refractivity contribution in [1.82, 2.24) is 4.90 Å². The number of hydrogen-bond donors (Lipinski definition) is 1. The summed E-state index contributed by atoms with van der Waals surface area (Å²) in [4.78, 5) is 2.28. The number of aryl methyl sites for hydroxylation is 1. The lowest BCUT2D eigenvalue weighted by molar-refractivity contribution is 0.171. The Morgan fingerprint density at radius 1 is 1.12 bits per heavy atom. The van der Waals surface area contributed by atoms with Crippen molar-refractivity contribution < 1.29 is 9.47 Å². The van der Waals surface area contributed by atoms with Crippen LogP contribution in [-0.4, -0.2) is 29.8 Å². The van der Waals surface area contributed by atoms with Crippen LogP contribution in [0.3, 0.4) is 0 Å². The summed E-state index contributed by atoms with van der Waals surface area (Å²) in [6, 6.07) is 14.8. The van der Waals surface area contributed by atoms with Crippen LogP contribution in [0.15, 0.2) is 42.5 Å². The molecule has 1 N–H and O–H groups in total. The first-order valence-corrected chi connectivity index (χ1v) is 9.15. The number of hydrogen-bond acceptors (Lipinski definition) is 3. The molecule has 25 heavy (non-hydrogen) atoms. The summed E-state index contributed by atoms with van der Waals surface area (Å²) in [5.41, 5.74) is 3.49. The summed E-state index contributed by atoms with van der Waals surface area (Å²) >= 11 is 5.70. The highest BCUT2D eigenvalue weighted by Crippen LogP contribution is 2.38. The summed E-state index contributed by atoms with van der Waals surface area (Å²) in [5.74, 6) is 1.67. The number of fused-ring (bicyclic) bond motifs is 1. The molecule has 1 saturated heterocycles. The Morgan fingerprint density at radius 3 is 2.80 bits per heavy atom. The van der Waals surface area contributed by atoms with Crippen LogP contribution in [0.2, 0.25) is 0 Å². The number of anilines is 1. The van der Waals surface area contributed by atoms with Crippen molar-refractivity contribution in [2.24, 2.45) is 0 Å². The number of benzene rings is 2. The third kappa shape index (κ3) is 3.42. The fraction of sp³-hybridized carbons (Fsp3) is 0.350. The maximum atomic E-state index is 5.74. The Labute approximate surface area is 153 Å². The fourth-order valence-electron chi connectivity index (χ4n) is 3.54. The van der Waals surface area contributed by atoms with Gasteiger partial charge in [0.25, 0.3) is 0 Å². The van der Waals surface area contributed by atoms with E-state index in [0.29, 0.717) is 13.2 Å². The van der Waals surface area contributed by atoms with Crippen molar-refractivity contribution >= 4 is 23.0 Å². The van der Waals surface area contributed by atoms with Crippen molar-refractivity contribution in [3.63, 3.8) is 0 Å².